The molecule has 0 bridgehead atoms. The number of halogens is 1. The molecule has 1 amide bonds. The molecule has 2 N–H and O–H groups in total. The Morgan fingerprint density at radius 3 is 2.86 bits per heavy atom. The molecule has 0 saturated carbocycles. The molecule has 0 aliphatic carbocycles. The molecule has 1 aromatic carbocycles. The number of nitro groups is 1. The number of hydrogen-bond acceptors (Lipinski definition) is 5. The molecule has 0 heterocycles. The fourth-order valence-corrected chi connectivity index (χ4v) is 2.04. The van der Waals surface area contributed by atoms with E-state index in [1.54, 1.807) is 0 Å². The summed E-state index contributed by atoms with van der Waals surface area (Å²) < 4.78 is 5.67. The third-order valence-corrected chi connectivity index (χ3v) is 2.96. The van der Waals surface area contributed by atoms with E-state index >= 15 is 0 Å². The smallest absolute Gasteiger partial charge is 0.312 e. The van der Waals surface area contributed by atoms with Crippen LogP contribution in [0.3, 0.4) is 0 Å². The lowest BCUT2D eigenvalue weighted by Gasteiger charge is -2.14. The summed E-state index contributed by atoms with van der Waals surface area (Å²) in [6, 6.07) is 2.76. The highest BCUT2D eigenvalue weighted by atomic mass is 79.9. The van der Waals surface area contributed by atoms with Crippen LogP contribution in [0.4, 0.5) is 5.69 Å². The monoisotopic (exact) mass is 358 g/mol. The van der Waals surface area contributed by atoms with Gasteiger partial charge < -0.3 is 15.2 Å². The number of carbonyl (C=O) groups is 1. The number of nitrogens with zero attached hydrogens (tertiary/aromatic N) is 1. The van der Waals surface area contributed by atoms with Crippen molar-refractivity contribution in [2.24, 2.45) is 0 Å². The van der Waals surface area contributed by atoms with Crippen LogP contribution in [-0.2, 0) is 4.79 Å². The fraction of sp³-hybridized carbons (Fsp3) is 0.308. The molecule has 0 aliphatic heterocycles. The van der Waals surface area contributed by atoms with Gasteiger partial charge in [-0.1, -0.05) is 22.0 Å². The first-order valence-electron chi connectivity index (χ1n) is 6.03. The zero-order valence-electron chi connectivity index (χ0n) is 11.3. The van der Waals surface area contributed by atoms with E-state index in [4.69, 9.17) is 4.74 Å². The maximum Gasteiger partial charge on any atom is 0.312 e. The predicted molar refractivity (Wildman–Crippen MR) is 80.1 cm³/mol. The molecule has 1 aromatic rings. The van der Waals surface area contributed by atoms with Gasteiger partial charge in [0, 0.05) is 22.6 Å². The number of rotatable bonds is 7. The summed E-state index contributed by atoms with van der Waals surface area (Å²) >= 11 is 3.14. The Balaban J connectivity index is 3.05. The summed E-state index contributed by atoms with van der Waals surface area (Å²) in [5.41, 5.74) is -0.0932. The Morgan fingerprint density at radius 1 is 1.67 bits per heavy atom. The van der Waals surface area contributed by atoms with Crippen LogP contribution in [0.2, 0.25) is 0 Å². The zero-order valence-corrected chi connectivity index (χ0v) is 12.9. The Hall–Kier alpha value is -1.93. The fourth-order valence-electron chi connectivity index (χ4n) is 1.58. The molecule has 114 valence electrons. The van der Waals surface area contributed by atoms with E-state index in [0.29, 0.717) is 4.47 Å². The highest BCUT2D eigenvalue weighted by Crippen LogP contribution is 2.37. The average molecular weight is 359 g/mol. The molecule has 7 nitrogen and oxygen atoms in total. The molecule has 0 aliphatic rings. The van der Waals surface area contributed by atoms with Crippen molar-refractivity contribution >= 4 is 27.5 Å². The minimum absolute atomic E-state index is 0.119. The van der Waals surface area contributed by atoms with Gasteiger partial charge in [-0.2, -0.15) is 0 Å². The maximum absolute atomic E-state index is 11.5. The highest BCUT2D eigenvalue weighted by molar-refractivity contribution is 9.10. The van der Waals surface area contributed by atoms with Gasteiger partial charge in [0.1, 0.15) is 0 Å². The van der Waals surface area contributed by atoms with Crippen molar-refractivity contribution in [2.75, 3.05) is 13.2 Å². The minimum atomic E-state index is -0.979. The Kier molecular flexibility index (Phi) is 6.32. The Bertz CT molecular complexity index is 560. The van der Waals surface area contributed by atoms with E-state index in [1.165, 1.54) is 25.1 Å². The number of aliphatic hydroxyl groups is 1. The molecule has 0 fully saturated rings. The summed E-state index contributed by atoms with van der Waals surface area (Å²) in [4.78, 5) is 21.9. The lowest BCUT2D eigenvalue weighted by Crippen LogP contribution is -2.29. The van der Waals surface area contributed by atoms with Crippen LogP contribution in [0, 0.1) is 10.1 Å². The van der Waals surface area contributed by atoms with E-state index in [-0.39, 0.29) is 23.5 Å². The third-order valence-electron chi connectivity index (χ3n) is 2.50. The standard InChI is InChI=1S/C13H15BrN2O5/c1-3-4-15-12(18)7-21-13-10(8(2)17)5-9(14)6-11(13)16(19)20/h3,5-6,8,17H,1,4,7H2,2H3,(H,15,18)/t8-/m0/s1. The normalized spacial score (nSPS) is 11.6. The molecule has 8 heteroatoms. The Morgan fingerprint density at radius 2 is 2.33 bits per heavy atom. The largest absolute Gasteiger partial charge is 0.476 e. The third kappa shape index (κ3) is 4.83. The van der Waals surface area contributed by atoms with Crippen LogP contribution in [0.1, 0.15) is 18.6 Å². The second-order valence-corrected chi connectivity index (χ2v) is 5.07. The number of ether oxygens (including phenoxy) is 1. The molecule has 1 atom stereocenters. The van der Waals surface area contributed by atoms with Crippen LogP contribution < -0.4 is 10.1 Å². The van der Waals surface area contributed by atoms with Gasteiger partial charge >= 0.3 is 5.69 Å². The van der Waals surface area contributed by atoms with Gasteiger partial charge in [0.25, 0.3) is 5.91 Å². The number of benzene rings is 1. The van der Waals surface area contributed by atoms with E-state index < -0.39 is 23.5 Å². The lowest BCUT2D eigenvalue weighted by atomic mass is 10.1. The zero-order chi connectivity index (χ0) is 16.0. The lowest BCUT2D eigenvalue weighted by molar-refractivity contribution is -0.386. The predicted octanol–water partition coefficient (Wildman–Crippen LogP) is 2.09. The quantitative estimate of drug-likeness (QED) is 0.441. The number of aliphatic hydroxyl groups excluding tert-OH is 1. The summed E-state index contributed by atoms with van der Waals surface area (Å²) in [5, 5.41) is 23.3. The topological polar surface area (TPSA) is 102 Å². The summed E-state index contributed by atoms with van der Waals surface area (Å²) in [6.07, 6.45) is 0.522. The van der Waals surface area contributed by atoms with Gasteiger partial charge in [-0.3, -0.25) is 14.9 Å². The summed E-state index contributed by atoms with van der Waals surface area (Å²) in [7, 11) is 0. The molecular weight excluding hydrogens is 344 g/mol. The summed E-state index contributed by atoms with van der Waals surface area (Å²) in [5.74, 6) is -0.560. The van der Waals surface area contributed by atoms with Gasteiger partial charge in [0.05, 0.1) is 11.0 Å². The number of hydrogen-bond donors (Lipinski definition) is 2. The highest BCUT2D eigenvalue weighted by Gasteiger charge is 2.23. The van der Waals surface area contributed by atoms with Crippen molar-refractivity contribution in [2.45, 2.75) is 13.0 Å². The van der Waals surface area contributed by atoms with Crippen molar-refractivity contribution in [1.82, 2.24) is 5.32 Å². The van der Waals surface area contributed by atoms with Crippen LogP contribution >= 0.6 is 15.9 Å². The molecule has 0 saturated heterocycles. The number of nitro benzene ring substituents is 1. The first kappa shape index (κ1) is 17.1. The van der Waals surface area contributed by atoms with Crippen LogP contribution in [0.25, 0.3) is 0 Å². The van der Waals surface area contributed by atoms with Crippen molar-refractivity contribution in [3.8, 4) is 5.75 Å². The van der Waals surface area contributed by atoms with E-state index in [2.05, 4.69) is 27.8 Å². The SMILES string of the molecule is C=CCNC(=O)COc1c([C@H](C)O)cc(Br)cc1[N+](=O)[O-]. The molecule has 0 spiro atoms. The van der Waals surface area contributed by atoms with Gasteiger partial charge in [0.15, 0.2) is 6.61 Å². The van der Waals surface area contributed by atoms with Crippen LogP contribution in [-0.4, -0.2) is 29.1 Å². The summed E-state index contributed by atoms with van der Waals surface area (Å²) in [6.45, 7) is 4.79. The van der Waals surface area contributed by atoms with E-state index in [9.17, 15) is 20.0 Å². The Labute approximate surface area is 129 Å². The van der Waals surface area contributed by atoms with Crippen molar-refractivity contribution in [1.29, 1.82) is 0 Å². The van der Waals surface area contributed by atoms with Crippen molar-refractivity contribution in [3.63, 3.8) is 0 Å². The first-order chi connectivity index (χ1) is 9.86. The molecule has 0 unspecified atom stereocenters. The molecule has 0 aromatic heterocycles. The van der Waals surface area contributed by atoms with Crippen LogP contribution in [0.15, 0.2) is 29.3 Å². The molecular formula is C13H15BrN2O5. The van der Waals surface area contributed by atoms with Gasteiger partial charge in [0.2, 0.25) is 5.75 Å². The number of carbonyl (C=O) groups excluding carboxylic acids is 1. The second kappa shape index (κ2) is 7.75. The minimum Gasteiger partial charge on any atom is -0.476 e. The maximum atomic E-state index is 11.5. The van der Waals surface area contributed by atoms with Gasteiger partial charge in [-0.15, -0.1) is 6.58 Å². The van der Waals surface area contributed by atoms with E-state index in [0.717, 1.165) is 0 Å². The van der Waals surface area contributed by atoms with Crippen molar-refractivity contribution in [3.05, 3.63) is 44.9 Å². The number of amides is 1. The second-order valence-electron chi connectivity index (χ2n) is 4.16. The number of nitrogens with one attached hydrogen (secondary N) is 1. The van der Waals surface area contributed by atoms with Crippen molar-refractivity contribution < 1.29 is 19.6 Å². The first-order valence-corrected chi connectivity index (χ1v) is 6.82. The van der Waals surface area contributed by atoms with Crippen LogP contribution in [0.5, 0.6) is 5.75 Å². The van der Waals surface area contributed by atoms with E-state index in [1.807, 2.05) is 0 Å². The molecule has 1 rings (SSSR count). The van der Waals surface area contributed by atoms with Gasteiger partial charge in [-0.25, -0.2) is 0 Å². The van der Waals surface area contributed by atoms with Gasteiger partial charge in [-0.05, 0) is 13.0 Å². The average Bonchev–Trinajstić information content (AvgIpc) is 2.42. The molecule has 21 heavy (non-hydrogen) atoms. The molecule has 0 radical (unpaired) electrons.